The second-order valence-electron chi connectivity index (χ2n) is 4.69. The number of rotatable bonds is 5. The molecule has 1 heterocycles. The Morgan fingerprint density at radius 2 is 2.19 bits per heavy atom. The van der Waals surface area contributed by atoms with Crippen LogP contribution in [0.4, 0.5) is 0 Å². The Morgan fingerprint density at radius 3 is 2.69 bits per heavy atom. The van der Waals surface area contributed by atoms with Crippen LogP contribution in [-0.4, -0.2) is 44.5 Å². The Morgan fingerprint density at radius 1 is 1.50 bits per heavy atom. The highest BCUT2D eigenvalue weighted by atomic mass is 16.5. The van der Waals surface area contributed by atoms with Crippen molar-refractivity contribution in [1.82, 2.24) is 0 Å². The van der Waals surface area contributed by atoms with Crippen molar-refractivity contribution in [2.45, 2.75) is 31.9 Å². The van der Waals surface area contributed by atoms with Crippen LogP contribution in [-0.2, 0) is 19.0 Å². The van der Waals surface area contributed by atoms with Gasteiger partial charge in [-0.2, -0.15) is 0 Å². The molecule has 0 aromatic rings. The van der Waals surface area contributed by atoms with Gasteiger partial charge in [0, 0.05) is 19.6 Å². The van der Waals surface area contributed by atoms with Crippen molar-refractivity contribution in [3.05, 3.63) is 0 Å². The molecule has 94 valence electrons. The topological polar surface area (TPSA) is 70.8 Å². The molecule has 5 nitrogen and oxygen atoms in total. The summed E-state index contributed by atoms with van der Waals surface area (Å²) >= 11 is 0. The van der Waals surface area contributed by atoms with Crippen LogP contribution in [0.5, 0.6) is 0 Å². The molecule has 0 spiro atoms. The minimum atomic E-state index is -0.314. The van der Waals surface area contributed by atoms with Crippen molar-refractivity contribution in [3.63, 3.8) is 0 Å². The zero-order valence-corrected chi connectivity index (χ0v) is 10.2. The number of ether oxygens (including phenoxy) is 3. The van der Waals surface area contributed by atoms with Gasteiger partial charge in [-0.15, -0.1) is 0 Å². The molecule has 2 atom stereocenters. The molecule has 5 heteroatoms. The number of carbonyl (C=O) groups excluding carboxylic acids is 1. The minimum Gasteiger partial charge on any atom is -0.465 e. The number of carbonyl (C=O) groups is 1. The van der Waals surface area contributed by atoms with Crippen molar-refractivity contribution >= 4 is 5.97 Å². The molecular formula is C11H21NO4. The number of hydrogen-bond donors (Lipinski definition) is 1. The fourth-order valence-electron chi connectivity index (χ4n) is 1.42. The van der Waals surface area contributed by atoms with Gasteiger partial charge in [0.2, 0.25) is 0 Å². The zero-order valence-electron chi connectivity index (χ0n) is 10.2. The van der Waals surface area contributed by atoms with Gasteiger partial charge in [-0.05, 0) is 13.8 Å². The summed E-state index contributed by atoms with van der Waals surface area (Å²) in [6.45, 7) is 5.05. The maximum atomic E-state index is 11.6. The summed E-state index contributed by atoms with van der Waals surface area (Å²) in [4.78, 5) is 11.6. The summed E-state index contributed by atoms with van der Waals surface area (Å²) in [5.41, 5.74) is 5.44. The number of esters is 1. The molecule has 0 radical (unpaired) electrons. The van der Waals surface area contributed by atoms with Gasteiger partial charge in [-0.3, -0.25) is 4.79 Å². The van der Waals surface area contributed by atoms with Crippen molar-refractivity contribution in [2.24, 2.45) is 11.7 Å². The molecule has 1 fully saturated rings. The average Bonchev–Trinajstić information content (AvgIpc) is 2.64. The molecule has 1 aliphatic heterocycles. The first-order valence-electron chi connectivity index (χ1n) is 5.51. The van der Waals surface area contributed by atoms with E-state index in [1.54, 1.807) is 7.11 Å². The Hall–Kier alpha value is -0.650. The first-order chi connectivity index (χ1) is 7.46. The van der Waals surface area contributed by atoms with E-state index in [0.717, 1.165) is 0 Å². The van der Waals surface area contributed by atoms with Crippen molar-refractivity contribution < 1.29 is 19.0 Å². The highest BCUT2D eigenvalue weighted by Crippen LogP contribution is 2.16. The number of hydrogen-bond acceptors (Lipinski definition) is 5. The summed E-state index contributed by atoms with van der Waals surface area (Å²) in [5.74, 6) is -0.581. The molecule has 0 aromatic carbocycles. The highest BCUT2D eigenvalue weighted by Gasteiger charge is 2.32. The summed E-state index contributed by atoms with van der Waals surface area (Å²) in [5, 5.41) is 0. The minimum absolute atomic E-state index is 0.233. The molecule has 1 aliphatic rings. The van der Waals surface area contributed by atoms with Crippen LogP contribution in [0.15, 0.2) is 0 Å². The van der Waals surface area contributed by atoms with E-state index < -0.39 is 0 Å². The Labute approximate surface area is 96.2 Å². The Kier molecular flexibility index (Phi) is 4.70. The van der Waals surface area contributed by atoms with Crippen molar-refractivity contribution in [2.75, 3.05) is 26.9 Å². The molecule has 2 unspecified atom stereocenters. The highest BCUT2D eigenvalue weighted by molar-refractivity contribution is 5.73. The molecule has 0 aliphatic carbocycles. The van der Waals surface area contributed by atoms with Gasteiger partial charge in [-0.1, -0.05) is 0 Å². The van der Waals surface area contributed by atoms with Crippen LogP contribution in [0.1, 0.15) is 20.3 Å². The number of methoxy groups -OCH3 is 1. The normalized spacial score (nSPS) is 25.8. The second kappa shape index (κ2) is 5.61. The van der Waals surface area contributed by atoms with Gasteiger partial charge in [0.05, 0.1) is 31.3 Å². The summed E-state index contributed by atoms with van der Waals surface area (Å²) in [7, 11) is 1.64. The molecule has 1 saturated heterocycles. The lowest BCUT2D eigenvalue weighted by molar-refractivity contribution is -0.150. The Balaban J connectivity index is 2.25. The van der Waals surface area contributed by atoms with Gasteiger partial charge in [0.25, 0.3) is 0 Å². The van der Waals surface area contributed by atoms with Crippen LogP contribution < -0.4 is 5.73 Å². The van der Waals surface area contributed by atoms with Gasteiger partial charge in [-0.25, -0.2) is 0 Å². The van der Waals surface area contributed by atoms with Crippen LogP contribution in [0.3, 0.4) is 0 Å². The third-order valence-corrected chi connectivity index (χ3v) is 2.93. The third-order valence-electron chi connectivity index (χ3n) is 2.93. The third kappa shape index (κ3) is 3.73. The Bertz CT molecular complexity index is 242. The predicted octanol–water partition coefficient (Wildman–Crippen LogP) is 0.318. The van der Waals surface area contributed by atoms with E-state index in [4.69, 9.17) is 19.9 Å². The SMILES string of the molecule is COC(C)(C)CCOC(=O)C1COCC1N. The summed E-state index contributed by atoms with van der Waals surface area (Å²) in [6, 6.07) is -0.233. The second-order valence-corrected chi connectivity index (χ2v) is 4.69. The van der Waals surface area contributed by atoms with Crippen LogP contribution in [0, 0.1) is 5.92 Å². The van der Waals surface area contributed by atoms with Gasteiger partial charge >= 0.3 is 5.97 Å². The zero-order chi connectivity index (χ0) is 12.2. The van der Waals surface area contributed by atoms with Crippen molar-refractivity contribution in [3.8, 4) is 0 Å². The van der Waals surface area contributed by atoms with Gasteiger partial charge < -0.3 is 19.9 Å². The maximum absolute atomic E-state index is 11.6. The monoisotopic (exact) mass is 231 g/mol. The van der Waals surface area contributed by atoms with E-state index >= 15 is 0 Å². The lowest BCUT2D eigenvalue weighted by Gasteiger charge is -2.22. The van der Waals surface area contributed by atoms with E-state index in [0.29, 0.717) is 26.2 Å². The standard InChI is InChI=1S/C11H21NO4/c1-11(2,14-3)4-5-16-10(13)8-6-15-7-9(8)12/h8-9H,4-7,12H2,1-3H3. The average molecular weight is 231 g/mol. The van der Waals surface area contributed by atoms with Crippen molar-refractivity contribution in [1.29, 1.82) is 0 Å². The molecule has 2 N–H and O–H groups in total. The molecule has 0 amide bonds. The van der Waals surface area contributed by atoms with E-state index in [1.807, 2.05) is 13.8 Å². The van der Waals surface area contributed by atoms with E-state index in [9.17, 15) is 4.79 Å². The quantitative estimate of drug-likeness (QED) is 0.690. The molecule has 1 rings (SSSR count). The summed E-state index contributed by atoms with van der Waals surface area (Å²) in [6.07, 6.45) is 0.665. The fourth-order valence-corrected chi connectivity index (χ4v) is 1.42. The van der Waals surface area contributed by atoms with E-state index in [-0.39, 0.29) is 23.5 Å². The number of nitrogens with two attached hydrogens (primary N) is 1. The largest absolute Gasteiger partial charge is 0.465 e. The van der Waals surface area contributed by atoms with Gasteiger partial charge in [0.1, 0.15) is 0 Å². The van der Waals surface area contributed by atoms with Gasteiger partial charge in [0.15, 0.2) is 0 Å². The molecule has 0 saturated carbocycles. The smallest absolute Gasteiger partial charge is 0.312 e. The maximum Gasteiger partial charge on any atom is 0.312 e. The molecular weight excluding hydrogens is 210 g/mol. The lowest BCUT2D eigenvalue weighted by Crippen LogP contribution is -2.36. The fraction of sp³-hybridized carbons (Fsp3) is 0.909. The van der Waals surface area contributed by atoms with Crippen LogP contribution >= 0.6 is 0 Å². The lowest BCUT2D eigenvalue weighted by atomic mass is 10.0. The predicted molar refractivity (Wildman–Crippen MR) is 58.9 cm³/mol. The molecule has 16 heavy (non-hydrogen) atoms. The molecule has 0 bridgehead atoms. The van der Waals surface area contributed by atoms with Crippen LogP contribution in [0.2, 0.25) is 0 Å². The first-order valence-corrected chi connectivity index (χ1v) is 5.51. The van der Waals surface area contributed by atoms with Crippen LogP contribution in [0.25, 0.3) is 0 Å². The molecule has 0 aromatic heterocycles. The summed E-state index contributed by atoms with van der Waals surface area (Å²) < 4.78 is 15.5. The van der Waals surface area contributed by atoms with E-state index in [2.05, 4.69) is 0 Å². The first kappa shape index (κ1) is 13.4. The van der Waals surface area contributed by atoms with E-state index in [1.165, 1.54) is 0 Å².